The lowest BCUT2D eigenvalue weighted by Crippen LogP contribution is -2.58. The smallest absolute Gasteiger partial charge is 0.328 e. The van der Waals surface area contributed by atoms with Crippen LogP contribution in [-0.2, 0) is 24.0 Å². The molecule has 0 spiro atoms. The molecule has 0 saturated carbocycles. The van der Waals surface area contributed by atoms with Crippen molar-refractivity contribution in [1.29, 1.82) is 0 Å². The molecule has 1 fully saturated rings. The standard InChI is InChI=1S/C19H33N5O7/c1-9(2)14(21)17(28)22-11(6-7-13(20)26)18(29)24-8-4-5-12(24)16(27)23-15(10(3)25)19(30)31/h9-12,14-15,25H,4-8,21H2,1-3H3,(H2,20,26)(H,22,28)(H,23,27)(H,30,31)/t10-,11+,12+,14+,15+/m1/s1. The molecule has 1 aliphatic rings. The van der Waals surface area contributed by atoms with Gasteiger partial charge in [0.2, 0.25) is 23.6 Å². The highest BCUT2D eigenvalue weighted by atomic mass is 16.4. The second-order valence-electron chi connectivity index (χ2n) is 8.09. The Morgan fingerprint density at radius 1 is 1.13 bits per heavy atom. The highest BCUT2D eigenvalue weighted by Crippen LogP contribution is 2.20. The number of aliphatic hydroxyl groups excluding tert-OH is 1. The number of nitrogens with one attached hydrogen (secondary N) is 2. The van der Waals surface area contributed by atoms with Crippen LogP contribution in [0.1, 0.15) is 46.5 Å². The molecule has 0 bridgehead atoms. The van der Waals surface area contributed by atoms with Gasteiger partial charge < -0.3 is 37.2 Å². The number of carboxylic acid groups (broad SMARTS) is 1. The van der Waals surface area contributed by atoms with Crippen LogP contribution < -0.4 is 22.1 Å². The SMILES string of the molecule is CC(C)[C@H](N)C(=O)N[C@@H](CCC(N)=O)C(=O)N1CCC[C@H]1C(=O)N[C@H](C(=O)O)[C@@H](C)O. The minimum absolute atomic E-state index is 0.0685. The molecule has 12 nitrogen and oxygen atoms in total. The number of aliphatic hydroxyl groups is 1. The predicted octanol–water partition coefficient (Wildman–Crippen LogP) is -2.34. The largest absolute Gasteiger partial charge is 0.480 e. The predicted molar refractivity (Wildman–Crippen MR) is 109 cm³/mol. The number of nitrogens with zero attached hydrogens (tertiary/aromatic N) is 1. The first-order chi connectivity index (χ1) is 14.4. The van der Waals surface area contributed by atoms with Gasteiger partial charge in [-0.3, -0.25) is 19.2 Å². The molecule has 176 valence electrons. The van der Waals surface area contributed by atoms with Crippen LogP contribution in [-0.4, -0.2) is 81.5 Å². The first kappa shape index (κ1) is 26.3. The molecular weight excluding hydrogens is 410 g/mol. The molecule has 12 heteroatoms. The second-order valence-corrected chi connectivity index (χ2v) is 8.09. The van der Waals surface area contributed by atoms with Crippen molar-refractivity contribution in [2.24, 2.45) is 17.4 Å². The molecule has 0 aliphatic carbocycles. The van der Waals surface area contributed by atoms with Gasteiger partial charge in [-0.15, -0.1) is 0 Å². The van der Waals surface area contributed by atoms with Crippen molar-refractivity contribution >= 4 is 29.6 Å². The fourth-order valence-corrected chi connectivity index (χ4v) is 3.26. The van der Waals surface area contributed by atoms with Gasteiger partial charge in [-0.25, -0.2) is 4.79 Å². The summed E-state index contributed by atoms with van der Waals surface area (Å²) in [5, 5.41) is 23.5. The summed E-state index contributed by atoms with van der Waals surface area (Å²) in [6, 6.07) is -4.49. The van der Waals surface area contributed by atoms with Gasteiger partial charge in [0.15, 0.2) is 6.04 Å². The Morgan fingerprint density at radius 3 is 2.23 bits per heavy atom. The zero-order valence-electron chi connectivity index (χ0n) is 18.0. The summed E-state index contributed by atoms with van der Waals surface area (Å²) in [7, 11) is 0. The Kier molecular flexibility index (Phi) is 9.85. The van der Waals surface area contributed by atoms with Crippen molar-refractivity contribution < 1.29 is 34.2 Å². The third-order valence-corrected chi connectivity index (χ3v) is 5.20. The molecule has 1 saturated heterocycles. The fraction of sp³-hybridized carbons (Fsp3) is 0.737. The second kappa shape index (κ2) is 11.6. The van der Waals surface area contributed by atoms with Gasteiger partial charge in [-0.2, -0.15) is 0 Å². The van der Waals surface area contributed by atoms with E-state index in [9.17, 15) is 29.1 Å². The van der Waals surface area contributed by atoms with E-state index in [-0.39, 0.29) is 31.7 Å². The van der Waals surface area contributed by atoms with Gasteiger partial charge in [0.1, 0.15) is 12.1 Å². The summed E-state index contributed by atoms with van der Waals surface area (Å²) >= 11 is 0. The fourth-order valence-electron chi connectivity index (χ4n) is 3.26. The van der Waals surface area contributed by atoms with Crippen LogP contribution in [0.3, 0.4) is 0 Å². The van der Waals surface area contributed by atoms with Gasteiger partial charge in [0, 0.05) is 13.0 Å². The quantitative estimate of drug-likeness (QED) is 0.203. The summed E-state index contributed by atoms with van der Waals surface area (Å²) in [5.74, 6) is -4.14. The van der Waals surface area contributed by atoms with E-state index in [0.717, 1.165) is 0 Å². The Balaban J connectivity index is 2.99. The average molecular weight is 444 g/mol. The lowest BCUT2D eigenvalue weighted by atomic mass is 10.0. The molecule has 0 aromatic rings. The van der Waals surface area contributed by atoms with E-state index >= 15 is 0 Å². The van der Waals surface area contributed by atoms with E-state index in [1.165, 1.54) is 11.8 Å². The Hall–Kier alpha value is -2.73. The van der Waals surface area contributed by atoms with Gasteiger partial charge in [0.05, 0.1) is 12.1 Å². The maximum atomic E-state index is 13.1. The molecule has 0 aromatic heterocycles. The van der Waals surface area contributed by atoms with Crippen LogP contribution >= 0.6 is 0 Å². The number of rotatable bonds is 11. The van der Waals surface area contributed by atoms with Crippen molar-refractivity contribution in [2.45, 2.75) is 76.7 Å². The van der Waals surface area contributed by atoms with Crippen molar-refractivity contribution in [3.8, 4) is 0 Å². The molecule has 1 rings (SSSR count). The first-order valence-electron chi connectivity index (χ1n) is 10.2. The summed E-state index contributed by atoms with van der Waals surface area (Å²) in [6.07, 6.45) is -0.807. The topological polar surface area (TPSA) is 205 Å². The van der Waals surface area contributed by atoms with Crippen LogP contribution in [0.4, 0.5) is 0 Å². The number of nitrogens with two attached hydrogens (primary N) is 2. The molecule has 5 atom stereocenters. The van der Waals surface area contributed by atoms with Crippen LogP contribution in [0.25, 0.3) is 0 Å². The number of hydrogen-bond acceptors (Lipinski definition) is 7. The van der Waals surface area contributed by atoms with E-state index in [4.69, 9.17) is 16.6 Å². The number of amides is 4. The van der Waals surface area contributed by atoms with Gasteiger partial charge in [-0.1, -0.05) is 13.8 Å². The van der Waals surface area contributed by atoms with E-state index in [2.05, 4.69) is 10.6 Å². The van der Waals surface area contributed by atoms with Crippen LogP contribution in [0.15, 0.2) is 0 Å². The number of hydrogen-bond donors (Lipinski definition) is 6. The third-order valence-electron chi connectivity index (χ3n) is 5.20. The third kappa shape index (κ3) is 7.47. The van der Waals surface area contributed by atoms with Crippen molar-refractivity contribution in [3.05, 3.63) is 0 Å². The van der Waals surface area contributed by atoms with Gasteiger partial charge in [0.25, 0.3) is 0 Å². The molecule has 31 heavy (non-hydrogen) atoms. The van der Waals surface area contributed by atoms with Crippen LogP contribution in [0, 0.1) is 5.92 Å². The molecule has 0 radical (unpaired) electrons. The van der Waals surface area contributed by atoms with E-state index in [0.29, 0.717) is 6.42 Å². The summed E-state index contributed by atoms with van der Waals surface area (Å²) in [4.78, 5) is 61.8. The van der Waals surface area contributed by atoms with E-state index in [1.807, 2.05) is 0 Å². The molecular formula is C19H33N5O7. The van der Waals surface area contributed by atoms with Crippen LogP contribution in [0.5, 0.6) is 0 Å². The van der Waals surface area contributed by atoms with Gasteiger partial charge >= 0.3 is 5.97 Å². The number of likely N-dealkylation sites (tertiary alicyclic amines) is 1. The maximum Gasteiger partial charge on any atom is 0.328 e. The molecule has 8 N–H and O–H groups in total. The minimum atomic E-state index is -1.53. The Labute approximate surface area is 180 Å². The number of primary amides is 1. The zero-order chi connectivity index (χ0) is 23.9. The summed E-state index contributed by atoms with van der Waals surface area (Å²) in [6.45, 7) is 4.92. The number of aliphatic carboxylic acids is 1. The van der Waals surface area contributed by atoms with Crippen LogP contribution in [0.2, 0.25) is 0 Å². The molecule has 1 aliphatic heterocycles. The monoisotopic (exact) mass is 443 g/mol. The average Bonchev–Trinajstić information content (AvgIpc) is 3.16. The summed E-state index contributed by atoms with van der Waals surface area (Å²) < 4.78 is 0. The highest BCUT2D eigenvalue weighted by Gasteiger charge is 2.39. The molecule has 4 amide bonds. The maximum absolute atomic E-state index is 13.1. The van der Waals surface area contributed by atoms with Crippen molar-refractivity contribution in [2.75, 3.05) is 6.54 Å². The highest BCUT2D eigenvalue weighted by molar-refractivity contribution is 5.94. The normalized spacial score (nSPS) is 19.9. The Morgan fingerprint density at radius 2 is 1.74 bits per heavy atom. The van der Waals surface area contributed by atoms with Gasteiger partial charge in [-0.05, 0) is 32.1 Å². The lowest BCUT2D eigenvalue weighted by Gasteiger charge is -2.30. The van der Waals surface area contributed by atoms with E-state index in [1.54, 1.807) is 13.8 Å². The number of carboxylic acids is 1. The van der Waals surface area contributed by atoms with Crippen molar-refractivity contribution in [1.82, 2.24) is 15.5 Å². The first-order valence-corrected chi connectivity index (χ1v) is 10.2. The minimum Gasteiger partial charge on any atom is -0.480 e. The molecule has 0 aromatic carbocycles. The van der Waals surface area contributed by atoms with E-state index < -0.39 is 59.9 Å². The van der Waals surface area contributed by atoms with Crippen molar-refractivity contribution in [3.63, 3.8) is 0 Å². The Bertz CT molecular complexity index is 697. The summed E-state index contributed by atoms with van der Waals surface area (Å²) in [5.41, 5.74) is 11.0. The zero-order valence-corrected chi connectivity index (χ0v) is 18.0. The lowest BCUT2D eigenvalue weighted by molar-refractivity contribution is -0.147. The molecule has 1 heterocycles. The number of carbonyl (C=O) groups excluding carboxylic acids is 4. The number of carbonyl (C=O) groups is 5. The molecule has 0 unspecified atom stereocenters.